The van der Waals surface area contributed by atoms with Crippen LogP contribution in [-0.4, -0.2) is 81.2 Å². The molecule has 1 saturated heterocycles. The van der Waals surface area contributed by atoms with E-state index in [2.05, 4.69) is 15.5 Å². The molecule has 20 heavy (non-hydrogen) atoms. The van der Waals surface area contributed by atoms with Gasteiger partial charge < -0.3 is 30.1 Å². The number of morpholine rings is 1. The van der Waals surface area contributed by atoms with Crippen molar-refractivity contribution in [1.29, 1.82) is 0 Å². The number of hydrogen-bond donors (Lipinski definition) is 3. The van der Waals surface area contributed by atoms with Crippen LogP contribution in [0.25, 0.3) is 0 Å². The summed E-state index contributed by atoms with van der Waals surface area (Å²) >= 11 is 0. The fourth-order valence-corrected chi connectivity index (χ4v) is 1.90. The third kappa shape index (κ3) is 6.69. The van der Waals surface area contributed by atoms with Crippen molar-refractivity contribution < 1.29 is 24.2 Å². The van der Waals surface area contributed by atoms with Crippen molar-refractivity contribution in [2.24, 2.45) is 0 Å². The molecule has 0 aromatic rings. The van der Waals surface area contributed by atoms with Gasteiger partial charge in [0, 0.05) is 33.3 Å². The number of methoxy groups -OCH3 is 1. The molecule has 0 radical (unpaired) electrons. The summed E-state index contributed by atoms with van der Waals surface area (Å²) in [5.41, 5.74) is 0. The van der Waals surface area contributed by atoms with Crippen LogP contribution in [-0.2, 0) is 14.3 Å². The molecule has 1 fully saturated rings. The first-order chi connectivity index (χ1) is 9.51. The molecule has 0 aromatic heterocycles. The highest BCUT2D eigenvalue weighted by Gasteiger charge is 2.18. The molecule has 2 unspecified atom stereocenters. The number of nitrogens with one attached hydrogen (secondary N) is 2. The zero-order chi connectivity index (χ0) is 15.0. The summed E-state index contributed by atoms with van der Waals surface area (Å²) < 4.78 is 10.5. The number of carboxylic acids is 1. The maximum atomic E-state index is 11.6. The Morgan fingerprint density at radius 3 is 2.85 bits per heavy atom. The van der Waals surface area contributed by atoms with E-state index in [1.54, 1.807) is 0 Å². The van der Waals surface area contributed by atoms with Gasteiger partial charge >= 0.3 is 12.0 Å². The molecule has 0 spiro atoms. The van der Waals surface area contributed by atoms with Gasteiger partial charge in [0.15, 0.2) is 0 Å². The quantitative estimate of drug-likeness (QED) is 0.562. The van der Waals surface area contributed by atoms with Crippen molar-refractivity contribution in [1.82, 2.24) is 15.5 Å². The van der Waals surface area contributed by atoms with Crippen LogP contribution < -0.4 is 10.6 Å². The molecule has 0 aromatic carbocycles. The average molecular weight is 289 g/mol. The van der Waals surface area contributed by atoms with E-state index in [1.807, 2.05) is 7.05 Å². The lowest BCUT2D eigenvalue weighted by Crippen LogP contribution is -2.48. The van der Waals surface area contributed by atoms with E-state index >= 15 is 0 Å². The molecule has 8 nitrogen and oxygen atoms in total. The highest BCUT2D eigenvalue weighted by Crippen LogP contribution is 2.01. The first-order valence-corrected chi connectivity index (χ1v) is 6.57. The van der Waals surface area contributed by atoms with Crippen LogP contribution in [0, 0.1) is 0 Å². The lowest BCUT2D eigenvalue weighted by molar-refractivity contribution is -0.139. The number of amides is 2. The number of nitrogens with zero attached hydrogens (tertiary/aromatic N) is 1. The zero-order valence-corrected chi connectivity index (χ0v) is 11.9. The maximum Gasteiger partial charge on any atom is 0.314 e. The summed E-state index contributed by atoms with van der Waals surface area (Å²) in [6, 6.07) is -0.353. The number of aliphatic carboxylic acids is 1. The molecular weight excluding hydrogens is 266 g/mol. The zero-order valence-electron chi connectivity index (χ0n) is 11.9. The predicted octanol–water partition coefficient (Wildman–Crippen LogP) is -0.894. The minimum atomic E-state index is -0.960. The predicted molar refractivity (Wildman–Crippen MR) is 71.7 cm³/mol. The fourth-order valence-electron chi connectivity index (χ4n) is 1.90. The molecule has 1 heterocycles. The van der Waals surface area contributed by atoms with E-state index in [4.69, 9.17) is 14.6 Å². The third-order valence-electron chi connectivity index (χ3n) is 3.06. The summed E-state index contributed by atoms with van der Waals surface area (Å²) in [5, 5.41) is 13.9. The largest absolute Gasteiger partial charge is 0.481 e. The van der Waals surface area contributed by atoms with Gasteiger partial charge in [-0.15, -0.1) is 0 Å². The number of carbonyl (C=O) groups excluding carboxylic acids is 1. The minimum Gasteiger partial charge on any atom is -0.481 e. The average Bonchev–Trinajstić information content (AvgIpc) is 2.40. The van der Waals surface area contributed by atoms with E-state index in [9.17, 15) is 9.59 Å². The molecule has 1 rings (SSSR count). The van der Waals surface area contributed by atoms with E-state index in [0.29, 0.717) is 13.2 Å². The van der Waals surface area contributed by atoms with Crippen molar-refractivity contribution in [2.75, 3.05) is 46.9 Å². The standard InChI is InChI=1S/C12H23N3O5/c1-15-3-4-20-10(8-15)7-14-12(18)13-6-9(19-2)5-11(16)17/h9-10H,3-8H2,1-2H3,(H,16,17)(H2,13,14,18). The van der Waals surface area contributed by atoms with Gasteiger partial charge in [0.1, 0.15) is 0 Å². The van der Waals surface area contributed by atoms with Crippen LogP contribution in [0.4, 0.5) is 4.79 Å². The SMILES string of the molecule is COC(CNC(=O)NCC1CN(C)CCO1)CC(=O)O. The van der Waals surface area contributed by atoms with Crippen LogP contribution in [0.15, 0.2) is 0 Å². The Bertz CT molecular complexity index is 326. The molecule has 0 bridgehead atoms. The Labute approximate surface area is 118 Å². The summed E-state index contributed by atoms with van der Waals surface area (Å²) in [6.07, 6.45) is -0.695. The van der Waals surface area contributed by atoms with Gasteiger partial charge in [-0.3, -0.25) is 4.79 Å². The van der Waals surface area contributed by atoms with Gasteiger partial charge in [-0.1, -0.05) is 0 Å². The van der Waals surface area contributed by atoms with Gasteiger partial charge in [-0.05, 0) is 7.05 Å². The first-order valence-electron chi connectivity index (χ1n) is 6.57. The van der Waals surface area contributed by atoms with Crippen LogP contribution >= 0.6 is 0 Å². The lowest BCUT2D eigenvalue weighted by Gasteiger charge is -2.30. The van der Waals surface area contributed by atoms with Crippen molar-refractivity contribution >= 4 is 12.0 Å². The number of carboxylic acid groups (broad SMARTS) is 1. The fraction of sp³-hybridized carbons (Fsp3) is 0.833. The van der Waals surface area contributed by atoms with Crippen LogP contribution in [0.2, 0.25) is 0 Å². The Morgan fingerprint density at radius 2 is 2.25 bits per heavy atom. The highest BCUT2D eigenvalue weighted by atomic mass is 16.5. The number of hydrogen-bond acceptors (Lipinski definition) is 5. The molecule has 2 amide bonds. The second-order valence-corrected chi connectivity index (χ2v) is 4.80. The van der Waals surface area contributed by atoms with Gasteiger partial charge in [0.2, 0.25) is 0 Å². The molecule has 116 valence electrons. The molecule has 2 atom stereocenters. The van der Waals surface area contributed by atoms with E-state index in [-0.39, 0.29) is 25.1 Å². The van der Waals surface area contributed by atoms with E-state index in [0.717, 1.165) is 13.1 Å². The Morgan fingerprint density at radius 1 is 1.50 bits per heavy atom. The van der Waals surface area contributed by atoms with Gasteiger partial charge in [0.25, 0.3) is 0 Å². The third-order valence-corrected chi connectivity index (χ3v) is 3.06. The topological polar surface area (TPSA) is 100 Å². The van der Waals surface area contributed by atoms with E-state index in [1.165, 1.54) is 7.11 Å². The smallest absolute Gasteiger partial charge is 0.314 e. The second kappa shape index (κ2) is 8.72. The summed E-state index contributed by atoms with van der Waals surface area (Å²) in [4.78, 5) is 24.3. The molecule has 0 saturated carbocycles. The minimum absolute atomic E-state index is 0.0169. The van der Waals surface area contributed by atoms with Crippen LogP contribution in [0.3, 0.4) is 0 Å². The molecule has 8 heteroatoms. The number of urea groups is 1. The number of likely N-dealkylation sites (N-methyl/N-ethyl adjacent to an activating group) is 1. The van der Waals surface area contributed by atoms with Crippen molar-refractivity contribution in [2.45, 2.75) is 18.6 Å². The summed E-state index contributed by atoms with van der Waals surface area (Å²) in [6.45, 7) is 2.91. The van der Waals surface area contributed by atoms with Crippen LogP contribution in [0.1, 0.15) is 6.42 Å². The molecule has 3 N–H and O–H groups in total. The van der Waals surface area contributed by atoms with Crippen molar-refractivity contribution in [3.8, 4) is 0 Å². The van der Waals surface area contributed by atoms with E-state index < -0.39 is 12.1 Å². The van der Waals surface area contributed by atoms with Gasteiger partial charge in [0.05, 0.1) is 25.2 Å². The van der Waals surface area contributed by atoms with Gasteiger partial charge in [-0.2, -0.15) is 0 Å². The van der Waals surface area contributed by atoms with Gasteiger partial charge in [-0.25, -0.2) is 4.79 Å². The Hall–Kier alpha value is -1.38. The van der Waals surface area contributed by atoms with Crippen molar-refractivity contribution in [3.05, 3.63) is 0 Å². The molecular formula is C12H23N3O5. The molecule has 0 aliphatic carbocycles. The monoisotopic (exact) mass is 289 g/mol. The number of carbonyl (C=O) groups is 2. The Kier molecular flexibility index (Phi) is 7.27. The first kappa shape index (κ1) is 16.7. The summed E-state index contributed by atoms with van der Waals surface area (Å²) in [5.74, 6) is -0.960. The molecule has 1 aliphatic rings. The normalized spacial score (nSPS) is 21.2. The molecule has 1 aliphatic heterocycles. The lowest BCUT2D eigenvalue weighted by atomic mass is 10.2. The second-order valence-electron chi connectivity index (χ2n) is 4.80. The highest BCUT2D eigenvalue weighted by molar-refractivity contribution is 5.74. The Balaban J connectivity index is 2.17. The number of ether oxygens (including phenoxy) is 2. The maximum absolute atomic E-state index is 11.6. The summed E-state index contributed by atoms with van der Waals surface area (Å²) in [7, 11) is 3.42. The van der Waals surface area contributed by atoms with Crippen molar-refractivity contribution in [3.63, 3.8) is 0 Å². The van der Waals surface area contributed by atoms with Crippen LogP contribution in [0.5, 0.6) is 0 Å². The number of rotatable bonds is 7.